The first-order chi connectivity index (χ1) is 9.97. The van der Waals surface area contributed by atoms with Gasteiger partial charge in [-0.15, -0.1) is 0 Å². The second-order valence-corrected chi connectivity index (χ2v) is 4.57. The number of rotatable bonds is 2. The third-order valence-electron chi connectivity index (χ3n) is 3.18. The molecule has 1 aromatic heterocycles. The van der Waals surface area contributed by atoms with E-state index in [1.807, 2.05) is 0 Å². The van der Waals surface area contributed by atoms with Crippen LogP contribution in [0.25, 0.3) is 11.0 Å². The van der Waals surface area contributed by atoms with Gasteiger partial charge < -0.3 is 10.2 Å². The molecule has 0 aliphatic carbocycles. The number of hydrogen-bond acceptors (Lipinski definition) is 2. The Morgan fingerprint density at radius 3 is 2.19 bits per heavy atom. The average Bonchev–Trinajstić information content (AvgIpc) is 2.82. The number of hydrogen-bond donors (Lipinski definition) is 1. The number of halogens is 4. The van der Waals surface area contributed by atoms with Crippen LogP contribution in [0.2, 0.25) is 0 Å². The third kappa shape index (κ3) is 2.27. The van der Waals surface area contributed by atoms with Crippen molar-refractivity contribution in [3.63, 3.8) is 0 Å². The molecule has 21 heavy (non-hydrogen) atoms. The molecule has 108 valence electrons. The highest BCUT2D eigenvalue weighted by molar-refractivity contribution is 5.78. The molecule has 2 nitrogen and oxygen atoms in total. The molecule has 0 saturated heterocycles. The molecule has 1 unspecified atom stereocenters. The lowest BCUT2D eigenvalue weighted by molar-refractivity contribution is 0.469. The molecule has 0 aliphatic rings. The molecule has 0 radical (unpaired) electrons. The Kier molecular flexibility index (Phi) is 3.17. The van der Waals surface area contributed by atoms with Crippen LogP contribution >= 0.6 is 0 Å². The van der Waals surface area contributed by atoms with Crippen molar-refractivity contribution in [1.29, 1.82) is 0 Å². The van der Waals surface area contributed by atoms with Crippen LogP contribution in [0.1, 0.15) is 17.4 Å². The average molecular weight is 295 g/mol. The molecule has 0 spiro atoms. The zero-order valence-electron chi connectivity index (χ0n) is 10.5. The largest absolute Gasteiger partial charge is 0.456 e. The summed E-state index contributed by atoms with van der Waals surface area (Å²) in [5, 5.41) is 0.420. The molecule has 0 aliphatic heterocycles. The van der Waals surface area contributed by atoms with Crippen molar-refractivity contribution in [3.05, 3.63) is 71.0 Å². The van der Waals surface area contributed by atoms with Gasteiger partial charge >= 0.3 is 0 Å². The standard InChI is InChI=1S/C15H9F4NO/c16-8-5-10(18)13(11(19)6-8)14(20)12-4-7-2-1-3-9(17)15(7)21-12/h1-6,14H,20H2. The molecule has 0 fully saturated rings. The Hall–Kier alpha value is -2.34. The van der Waals surface area contributed by atoms with E-state index in [9.17, 15) is 17.6 Å². The molecule has 6 heteroatoms. The minimum absolute atomic E-state index is 0.0143. The molecule has 3 rings (SSSR count). The molecule has 2 N–H and O–H groups in total. The van der Waals surface area contributed by atoms with Gasteiger partial charge in [-0.3, -0.25) is 0 Å². The predicted molar refractivity (Wildman–Crippen MR) is 68.5 cm³/mol. The molecule has 0 amide bonds. The van der Waals surface area contributed by atoms with Crippen LogP contribution in [-0.4, -0.2) is 0 Å². The quantitative estimate of drug-likeness (QED) is 0.725. The lowest BCUT2D eigenvalue weighted by Gasteiger charge is -2.11. The Balaban J connectivity index is 2.12. The normalized spacial score (nSPS) is 12.8. The van der Waals surface area contributed by atoms with Gasteiger partial charge in [0.2, 0.25) is 0 Å². The van der Waals surface area contributed by atoms with Crippen LogP contribution in [0.4, 0.5) is 17.6 Å². The van der Waals surface area contributed by atoms with Gasteiger partial charge in [0.05, 0.1) is 6.04 Å². The van der Waals surface area contributed by atoms with Gasteiger partial charge in [0.15, 0.2) is 11.4 Å². The topological polar surface area (TPSA) is 39.2 Å². The Morgan fingerprint density at radius 2 is 1.57 bits per heavy atom. The van der Waals surface area contributed by atoms with Gasteiger partial charge in [-0.05, 0) is 12.1 Å². The summed E-state index contributed by atoms with van der Waals surface area (Å²) >= 11 is 0. The van der Waals surface area contributed by atoms with Gasteiger partial charge in [-0.25, -0.2) is 17.6 Å². The fourth-order valence-corrected chi connectivity index (χ4v) is 2.19. The predicted octanol–water partition coefficient (Wildman–Crippen LogP) is 4.04. The van der Waals surface area contributed by atoms with E-state index in [1.165, 1.54) is 18.2 Å². The first-order valence-electron chi connectivity index (χ1n) is 6.05. The summed E-state index contributed by atoms with van der Waals surface area (Å²) < 4.78 is 59.1. The molecule has 0 bridgehead atoms. The number of benzene rings is 2. The van der Waals surface area contributed by atoms with Crippen LogP contribution in [0.3, 0.4) is 0 Å². The van der Waals surface area contributed by atoms with Crippen molar-refractivity contribution >= 4 is 11.0 Å². The Labute approximate surface area is 116 Å². The summed E-state index contributed by atoms with van der Waals surface area (Å²) in [7, 11) is 0. The Bertz CT molecular complexity index is 805. The lowest BCUT2D eigenvalue weighted by Crippen LogP contribution is -2.15. The van der Waals surface area contributed by atoms with Crippen molar-refractivity contribution < 1.29 is 22.0 Å². The Morgan fingerprint density at radius 1 is 0.905 bits per heavy atom. The van der Waals surface area contributed by atoms with E-state index in [0.29, 0.717) is 17.5 Å². The smallest absolute Gasteiger partial charge is 0.169 e. The maximum absolute atomic E-state index is 13.7. The maximum atomic E-state index is 13.7. The van der Waals surface area contributed by atoms with E-state index >= 15 is 0 Å². The van der Waals surface area contributed by atoms with E-state index in [1.54, 1.807) is 6.07 Å². The minimum atomic E-state index is -1.31. The SMILES string of the molecule is NC(c1cc2cccc(F)c2o1)c1c(F)cc(F)cc1F. The summed E-state index contributed by atoms with van der Waals surface area (Å²) in [4.78, 5) is 0. The lowest BCUT2D eigenvalue weighted by atomic mass is 10.0. The summed E-state index contributed by atoms with van der Waals surface area (Å²) in [6, 6.07) is 5.39. The fraction of sp³-hybridized carbons (Fsp3) is 0.0667. The van der Waals surface area contributed by atoms with Gasteiger partial charge in [0.25, 0.3) is 0 Å². The first-order valence-corrected chi connectivity index (χ1v) is 6.05. The second kappa shape index (κ2) is 4.89. The van der Waals surface area contributed by atoms with E-state index in [-0.39, 0.29) is 11.3 Å². The number of para-hydroxylation sites is 1. The zero-order valence-corrected chi connectivity index (χ0v) is 10.5. The van der Waals surface area contributed by atoms with Crippen LogP contribution in [-0.2, 0) is 0 Å². The summed E-state index contributed by atoms with van der Waals surface area (Å²) in [6.45, 7) is 0. The van der Waals surface area contributed by atoms with Crippen LogP contribution < -0.4 is 5.73 Å². The molecule has 2 aromatic carbocycles. The second-order valence-electron chi connectivity index (χ2n) is 4.57. The molecular formula is C15H9F4NO. The molecule has 0 saturated carbocycles. The van der Waals surface area contributed by atoms with Gasteiger partial charge in [0, 0.05) is 23.1 Å². The number of furan rings is 1. The third-order valence-corrected chi connectivity index (χ3v) is 3.18. The molecular weight excluding hydrogens is 286 g/mol. The minimum Gasteiger partial charge on any atom is -0.456 e. The monoisotopic (exact) mass is 295 g/mol. The highest BCUT2D eigenvalue weighted by Gasteiger charge is 2.23. The summed E-state index contributed by atoms with van der Waals surface area (Å²) in [5.74, 6) is -3.91. The van der Waals surface area contributed by atoms with Gasteiger partial charge in [-0.2, -0.15) is 0 Å². The van der Waals surface area contributed by atoms with Gasteiger partial charge in [0.1, 0.15) is 23.2 Å². The van der Waals surface area contributed by atoms with Crippen molar-refractivity contribution in [2.75, 3.05) is 0 Å². The van der Waals surface area contributed by atoms with E-state index < -0.39 is 34.9 Å². The van der Waals surface area contributed by atoms with Crippen molar-refractivity contribution in [2.24, 2.45) is 5.73 Å². The van der Waals surface area contributed by atoms with E-state index in [2.05, 4.69) is 0 Å². The van der Waals surface area contributed by atoms with Crippen molar-refractivity contribution in [1.82, 2.24) is 0 Å². The van der Waals surface area contributed by atoms with Crippen LogP contribution in [0.5, 0.6) is 0 Å². The van der Waals surface area contributed by atoms with E-state index in [0.717, 1.165) is 0 Å². The highest BCUT2D eigenvalue weighted by Crippen LogP contribution is 2.30. The van der Waals surface area contributed by atoms with Crippen LogP contribution in [0.15, 0.2) is 40.8 Å². The van der Waals surface area contributed by atoms with Crippen LogP contribution in [0, 0.1) is 23.3 Å². The molecule has 1 heterocycles. The maximum Gasteiger partial charge on any atom is 0.169 e. The number of nitrogens with two attached hydrogens (primary N) is 1. The summed E-state index contributed by atoms with van der Waals surface area (Å²) in [5.41, 5.74) is 5.18. The number of fused-ring (bicyclic) bond motifs is 1. The zero-order chi connectivity index (χ0) is 15.1. The first kappa shape index (κ1) is 13.6. The molecule has 3 aromatic rings. The van der Waals surface area contributed by atoms with Gasteiger partial charge in [-0.1, -0.05) is 12.1 Å². The fourth-order valence-electron chi connectivity index (χ4n) is 2.19. The molecule has 1 atom stereocenters. The highest BCUT2D eigenvalue weighted by atomic mass is 19.1. The van der Waals surface area contributed by atoms with E-state index in [4.69, 9.17) is 10.2 Å². The van der Waals surface area contributed by atoms with Crippen molar-refractivity contribution in [2.45, 2.75) is 6.04 Å². The van der Waals surface area contributed by atoms with Crippen molar-refractivity contribution in [3.8, 4) is 0 Å². The summed E-state index contributed by atoms with van der Waals surface area (Å²) in [6.07, 6.45) is 0.